The monoisotopic (exact) mass is 283 g/mol. The van der Waals surface area contributed by atoms with Crippen LogP contribution in [-0.4, -0.2) is 42.5 Å². The third-order valence-corrected chi connectivity index (χ3v) is 4.41. The molecule has 0 bridgehead atoms. The van der Waals surface area contributed by atoms with Gasteiger partial charge in [0.25, 0.3) is 0 Å². The molecule has 3 N–H and O–H groups in total. The molecule has 1 aliphatic heterocycles. The summed E-state index contributed by atoms with van der Waals surface area (Å²) >= 11 is 0. The maximum absolute atomic E-state index is 11.9. The van der Waals surface area contributed by atoms with Crippen molar-refractivity contribution in [1.82, 2.24) is 10.2 Å². The molecule has 4 nitrogen and oxygen atoms in total. The summed E-state index contributed by atoms with van der Waals surface area (Å²) in [5.74, 6) is 1.71. The topological polar surface area (TPSA) is 58.4 Å². The number of nitrogens with two attached hydrogens (primary N) is 1. The number of nitrogens with zero attached hydrogens (tertiary/aromatic N) is 1. The van der Waals surface area contributed by atoms with Crippen molar-refractivity contribution in [2.45, 2.75) is 65.5 Å². The van der Waals surface area contributed by atoms with E-state index in [1.54, 1.807) is 0 Å². The lowest BCUT2D eigenvalue weighted by atomic mass is 9.89. The van der Waals surface area contributed by atoms with Gasteiger partial charge in [0.2, 0.25) is 5.91 Å². The Morgan fingerprint density at radius 2 is 1.95 bits per heavy atom. The van der Waals surface area contributed by atoms with Crippen molar-refractivity contribution in [3.05, 3.63) is 0 Å². The highest BCUT2D eigenvalue weighted by atomic mass is 16.1. The minimum atomic E-state index is 0.125. The fraction of sp³-hybridized carbons (Fsp3) is 0.938. The van der Waals surface area contributed by atoms with E-state index in [1.807, 2.05) is 13.8 Å². The summed E-state index contributed by atoms with van der Waals surface area (Å²) < 4.78 is 0. The van der Waals surface area contributed by atoms with Crippen molar-refractivity contribution >= 4 is 5.91 Å². The SMILES string of the molecule is CC(C)NC(=O)CC(CN)N1CCCC(C(C)C)CC1. The fourth-order valence-corrected chi connectivity index (χ4v) is 3.13. The molecule has 0 aliphatic carbocycles. The highest BCUT2D eigenvalue weighted by Crippen LogP contribution is 2.25. The second-order valence-corrected chi connectivity index (χ2v) is 6.79. The van der Waals surface area contributed by atoms with E-state index in [2.05, 4.69) is 24.1 Å². The average molecular weight is 283 g/mol. The van der Waals surface area contributed by atoms with Crippen LogP contribution >= 0.6 is 0 Å². The van der Waals surface area contributed by atoms with Crippen LogP contribution in [0.3, 0.4) is 0 Å². The first-order chi connectivity index (χ1) is 9.43. The maximum atomic E-state index is 11.9. The Morgan fingerprint density at radius 3 is 2.50 bits per heavy atom. The molecular weight excluding hydrogens is 250 g/mol. The van der Waals surface area contributed by atoms with Crippen LogP contribution in [0.4, 0.5) is 0 Å². The Kier molecular flexibility index (Phi) is 7.52. The van der Waals surface area contributed by atoms with E-state index in [0.717, 1.165) is 24.9 Å². The molecule has 1 saturated heterocycles. The zero-order valence-corrected chi connectivity index (χ0v) is 13.7. The fourth-order valence-electron chi connectivity index (χ4n) is 3.13. The molecule has 2 unspecified atom stereocenters. The van der Waals surface area contributed by atoms with Crippen LogP contribution in [0.5, 0.6) is 0 Å². The highest BCUT2D eigenvalue weighted by molar-refractivity contribution is 5.76. The van der Waals surface area contributed by atoms with Crippen LogP contribution in [0, 0.1) is 11.8 Å². The van der Waals surface area contributed by atoms with Crippen LogP contribution in [0.1, 0.15) is 53.4 Å². The normalized spacial score (nSPS) is 22.9. The van der Waals surface area contributed by atoms with Crippen molar-refractivity contribution in [2.24, 2.45) is 17.6 Å². The summed E-state index contributed by atoms with van der Waals surface area (Å²) in [6, 6.07) is 0.398. The molecule has 20 heavy (non-hydrogen) atoms. The molecule has 0 saturated carbocycles. The lowest BCUT2D eigenvalue weighted by molar-refractivity contribution is -0.122. The predicted molar refractivity (Wildman–Crippen MR) is 84.5 cm³/mol. The van der Waals surface area contributed by atoms with E-state index in [9.17, 15) is 4.79 Å². The molecule has 1 rings (SSSR count). The number of hydrogen-bond acceptors (Lipinski definition) is 3. The maximum Gasteiger partial charge on any atom is 0.221 e. The number of amides is 1. The second kappa shape index (κ2) is 8.63. The summed E-state index contributed by atoms with van der Waals surface area (Å²) in [5, 5.41) is 2.97. The molecule has 1 heterocycles. The molecule has 0 aromatic rings. The quantitative estimate of drug-likeness (QED) is 0.784. The number of rotatable bonds is 6. The standard InChI is InChI=1S/C16H33N3O/c1-12(2)14-6-5-8-19(9-7-14)15(11-17)10-16(20)18-13(3)4/h12-15H,5-11,17H2,1-4H3,(H,18,20). The number of hydrogen-bond donors (Lipinski definition) is 2. The van der Waals surface area contributed by atoms with Crippen LogP contribution in [0.2, 0.25) is 0 Å². The number of nitrogens with one attached hydrogen (secondary N) is 1. The Balaban J connectivity index is 2.50. The van der Waals surface area contributed by atoms with Gasteiger partial charge in [0, 0.05) is 25.0 Å². The van der Waals surface area contributed by atoms with Gasteiger partial charge in [0.15, 0.2) is 0 Å². The van der Waals surface area contributed by atoms with Gasteiger partial charge in [-0.3, -0.25) is 9.69 Å². The Labute approximate surface area is 124 Å². The van der Waals surface area contributed by atoms with E-state index < -0.39 is 0 Å². The minimum Gasteiger partial charge on any atom is -0.354 e. The largest absolute Gasteiger partial charge is 0.354 e. The molecular formula is C16H33N3O. The van der Waals surface area contributed by atoms with E-state index in [1.165, 1.54) is 19.3 Å². The minimum absolute atomic E-state index is 0.125. The first kappa shape index (κ1) is 17.4. The van der Waals surface area contributed by atoms with Gasteiger partial charge in [-0.15, -0.1) is 0 Å². The summed E-state index contributed by atoms with van der Waals surface area (Å²) in [6.45, 7) is 11.4. The van der Waals surface area contributed by atoms with E-state index in [4.69, 9.17) is 5.73 Å². The van der Waals surface area contributed by atoms with Gasteiger partial charge in [0.1, 0.15) is 0 Å². The van der Waals surface area contributed by atoms with E-state index in [0.29, 0.717) is 13.0 Å². The van der Waals surface area contributed by atoms with Crippen LogP contribution in [0.25, 0.3) is 0 Å². The van der Waals surface area contributed by atoms with Crippen molar-refractivity contribution in [3.8, 4) is 0 Å². The Hall–Kier alpha value is -0.610. The van der Waals surface area contributed by atoms with Gasteiger partial charge in [-0.2, -0.15) is 0 Å². The van der Waals surface area contributed by atoms with Crippen molar-refractivity contribution < 1.29 is 4.79 Å². The Morgan fingerprint density at radius 1 is 1.25 bits per heavy atom. The molecule has 1 amide bonds. The number of carbonyl (C=O) groups is 1. The lowest BCUT2D eigenvalue weighted by Crippen LogP contribution is -2.45. The van der Waals surface area contributed by atoms with Gasteiger partial charge in [-0.25, -0.2) is 0 Å². The number of likely N-dealkylation sites (tertiary alicyclic amines) is 1. The lowest BCUT2D eigenvalue weighted by Gasteiger charge is -2.29. The smallest absolute Gasteiger partial charge is 0.221 e. The molecule has 0 radical (unpaired) electrons. The van der Waals surface area contributed by atoms with E-state index in [-0.39, 0.29) is 18.0 Å². The molecule has 1 aliphatic rings. The molecule has 0 aromatic carbocycles. The molecule has 0 aromatic heterocycles. The van der Waals surface area contributed by atoms with Crippen LogP contribution < -0.4 is 11.1 Å². The van der Waals surface area contributed by atoms with Gasteiger partial charge in [-0.05, 0) is 58.0 Å². The molecule has 0 spiro atoms. The van der Waals surface area contributed by atoms with Crippen molar-refractivity contribution in [1.29, 1.82) is 0 Å². The summed E-state index contributed by atoms with van der Waals surface area (Å²) in [7, 11) is 0. The third-order valence-electron chi connectivity index (χ3n) is 4.41. The summed E-state index contributed by atoms with van der Waals surface area (Å²) in [5.41, 5.74) is 5.91. The molecule has 118 valence electrons. The summed E-state index contributed by atoms with van der Waals surface area (Å²) in [4.78, 5) is 14.4. The highest BCUT2D eigenvalue weighted by Gasteiger charge is 2.25. The van der Waals surface area contributed by atoms with Gasteiger partial charge >= 0.3 is 0 Å². The van der Waals surface area contributed by atoms with Crippen LogP contribution in [-0.2, 0) is 4.79 Å². The molecule has 2 atom stereocenters. The zero-order chi connectivity index (χ0) is 15.1. The van der Waals surface area contributed by atoms with Gasteiger partial charge in [0.05, 0.1) is 0 Å². The van der Waals surface area contributed by atoms with Gasteiger partial charge in [-0.1, -0.05) is 13.8 Å². The zero-order valence-electron chi connectivity index (χ0n) is 13.7. The second-order valence-electron chi connectivity index (χ2n) is 6.79. The van der Waals surface area contributed by atoms with Crippen molar-refractivity contribution in [3.63, 3.8) is 0 Å². The van der Waals surface area contributed by atoms with Crippen molar-refractivity contribution in [2.75, 3.05) is 19.6 Å². The Bertz CT molecular complexity index is 291. The number of carbonyl (C=O) groups excluding carboxylic acids is 1. The predicted octanol–water partition coefficient (Wildman–Crippen LogP) is 1.99. The molecule has 1 fully saturated rings. The van der Waals surface area contributed by atoms with Crippen LogP contribution in [0.15, 0.2) is 0 Å². The third kappa shape index (κ3) is 5.80. The average Bonchev–Trinajstić information content (AvgIpc) is 2.60. The first-order valence-corrected chi connectivity index (χ1v) is 8.17. The molecule has 4 heteroatoms. The summed E-state index contributed by atoms with van der Waals surface area (Å²) in [6.07, 6.45) is 4.30. The van der Waals surface area contributed by atoms with Gasteiger partial charge < -0.3 is 11.1 Å². The first-order valence-electron chi connectivity index (χ1n) is 8.17. The van der Waals surface area contributed by atoms with E-state index >= 15 is 0 Å².